The third-order valence-corrected chi connectivity index (χ3v) is 4.32. The van der Waals surface area contributed by atoms with Crippen molar-refractivity contribution in [3.8, 4) is 0 Å². The molecule has 0 unspecified atom stereocenters. The zero-order valence-corrected chi connectivity index (χ0v) is 11.9. The summed E-state index contributed by atoms with van der Waals surface area (Å²) in [5.41, 5.74) is 5.90. The number of nitrogens with zero attached hydrogens (tertiary/aromatic N) is 2. The summed E-state index contributed by atoms with van der Waals surface area (Å²) in [5.74, 6) is -0.431. The van der Waals surface area contributed by atoms with Gasteiger partial charge in [-0.1, -0.05) is 0 Å². The number of hydrogen-bond acceptors (Lipinski definition) is 4. The Morgan fingerprint density at radius 2 is 2.15 bits per heavy atom. The van der Waals surface area contributed by atoms with Crippen LogP contribution < -0.4 is 10.5 Å². The summed E-state index contributed by atoms with van der Waals surface area (Å²) < 4.78 is 42.1. The number of sulfonamides is 1. The number of nitrogens with one attached hydrogen (secondary N) is 1. The molecule has 0 radical (unpaired) electrons. The molecule has 8 heteroatoms. The predicted molar refractivity (Wildman–Crippen MR) is 73.0 cm³/mol. The van der Waals surface area contributed by atoms with Gasteiger partial charge < -0.3 is 5.73 Å². The van der Waals surface area contributed by atoms with E-state index in [1.54, 1.807) is 13.2 Å². The molecule has 0 fully saturated rings. The van der Waals surface area contributed by atoms with Crippen molar-refractivity contribution in [3.63, 3.8) is 0 Å². The van der Waals surface area contributed by atoms with Crippen molar-refractivity contribution in [2.24, 2.45) is 12.8 Å². The van der Waals surface area contributed by atoms with Gasteiger partial charge in [0.25, 0.3) is 10.0 Å². The van der Waals surface area contributed by atoms with Crippen LogP contribution in [0.5, 0.6) is 0 Å². The number of hydrogen-bond donors (Lipinski definition) is 2. The Kier molecular flexibility index (Phi) is 3.78. The molecule has 0 bridgehead atoms. The molecule has 0 aliphatic carbocycles. The van der Waals surface area contributed by atoms with Gasteiger partial charge in [0, 0.05) is 31.4 Å². The van der Waals surface area contributed by atoms with Gasteiger partial charge in [0.1, 0.15) is 5.82 Å². The molecule has 1 aromatic heterocycles. The first-order valence-corrected chi connectivity index (χ1v) is 7.33. The fourth-order valence-corrected chi connectivity index (χ4v) is 3.07. The second-order valence-electron chi connectivity index (χ2n) is 4.39. The molecule has 0 amide bonds. The molecule has 108 valence electrons. The minimum absolute atomic E-state index is 0.0469. The minimum Gasteiger partial charge on any atom is -0.326 e. The van der Waals surface area contributed by atoms with E-state index in [2.05, 4.69) is 9.82 Å². The van der Waals surface area contributed by atoms with Crippen LogP contribution in [0.15, 0.2) is 29.3 Å². The Hall–Kier alpha value is -1.93. The number of anilines is 1. The molecule has 6 nitrogen and oxygen atoms in total. The first kappa shape index (κ1) is 14.5. The molecule has 0 saturated heterocycles. The number of aromatic nitrogens is 2. The maximum absolute atomic E-state index is 13.7. The smallest absolute Gasteiger partial charge is 0.263 e. The van der Waals surface area contributed by atoms with E-state index in [1.807, 2.05) is 0 Å². The van der Waals surface area contributed by atoms with Crippen LogP contribution in [0.1, 0.15) is 11.1 Å². The van der Waals surface area contributed by atoms with Crippen LogP contribution in [0.3, 0.4) is 0 Å². The summed E-state index contributed by atoms with van der Waals surface area (Å²) in [6, 6.07) is 4.11. The van der Waals surface area contributed by atoms with Crippen LogP contribution in [0, 0.1) is 12.7 Å². The van der Waals surface area contributed by atoms with Crippen molar-refractivity contribution in [3.05, 3.63) is 41.3 Å². The van der Waals surface area contributed by atoms with Gasteiger partial charge in [0.05, 0.1) is 4.90 Å². The number of nitrogens with two attached hydrogens (primary N) is 1. The lowest BCUT2D eigenvalue weighted by Gasteiger charge is -2.11. The molecular formula is C12H15FN4O2S. The average Bonchev–Trinajstić information content (AvgIpc) is 2.76. The number of rotatable bonds is 4. The normalized spacial score (nSPS) is 11.6. The highest BCUT2D eigenvalue weighted by Crippen LogP contribution is 2.22. The second kappa shape index (κ2) is 5.22. The zero-order valence-electron chi connectivity index (χ0n) is 11.1. The molecule has 0 spiro atoms. The third-order valence-electron chi connectivity index (χ3n) is 2.83. The number of benzene rings is 1. The summed E-state index contributed by atoms with van der Waals surface area (Å²) in [5, 5.41) is 3.92. The van der Waals surface area contributed by atoms with Crippen molar-refractivity contribution in [2.75, 3.05) is 4.72 Å². The van der Waals surface area contributed by atoms with Crippen molar-refractivity contribution in [1.29, 1.82) is 0 Å². The lowest BCUT2D eigenvalue weighted by molar-refractivity contribution is 0.589. The van der Waals surface area contributed by atoms with Crippen molar-refractivity contribution < 1.29 is 12.8 Å². The molecule has 0 saturated carbocycles. The van der Waals surface area contributed by atoms with Crippen molar-refractivity contribution >= 4 is 15.8 Å². The summed E-state index contributed by atoms with van der Waals surface area (Å²) in [6.07, 6.45) is 1.60. The Bertz CT molecular complexity index is 740. The molecular weight excluding hydrogens is 283 g/mol. The molecule has 0 aliphatic heterocycles. The van der Waals surface area contributed by atoms with E-state index >= 15 is 0 Å². The van der Waals surface area contributed by atoms with Crippen molar-refractivity contribution in [1.82, 2.24) is 9.78 Å². The summed E-state index contributed by atoms with van der Waals surface area (Å²) in [7, 11) is -2.24. The molecule has 2 rings (SSSR count). The standard InChI is InChI=1S/C12H15FN4O2S/c1-8-10(13)5-9(7-14)6-11(8)20(18,19)16-12-3-4-17(2)15-12/h3-6H,7,14H2,1-2H3,(H,15,16). The molecule has 3 N–H and O–H groups in total. The van der Waals surface area contributed by atoms with Crippen LogP contribution in [0.2, 0.25) is 0 Å². The summed E-state index contributed by atoms with van der Waals surface area (Å²) in [6.45, 7) is 1.46. The first-order valence-electron chi connectivity index (χ1n) is 5.85. The Balaban J connectivity index is 2.46. The highest BCUT2D eigenvalue weighted by atomic mass is 32.2. The SMILES string of the molecule is Cc1c(F)cc(CN)cc1S(=O)(=O)Nc1ccn(C)n1. The van der Waals surface area contributed by atoms with Gasteiger partial charge in [-0.05, 0) is 24.6 Å². The number of halogens is 1. The van der Waals surface area contributed by atoms with E-state index in [9.17, 15) is 12.8 Å². The summed E-state index contributed by atoms with van der Waals surface area (Å²) >= 11 is 0. The van der Waals surface area contributed by atoms with E-state index < -0.39 is 15.8 Å². The Labute approximate surface area is 116 Å². The van der Waals surface area contributed by atoms with Crippen LogP contribution >= 0.6 is 0 Å². The van der Waals surface area contributed by atoms with Gasteiger partial charge in [-0.3, -0.25) is 9.40 Å². The topological polar surface area (TPSA) is 90.0 Å². The lowest BCUT2D eigenvalue weighted by Crippen LogP contribution is -2.16. The Morgan fingerprint density at radius 1 is 1.45 bits per heavy atom. The van der Waals surface area contributed by atoms with E-state index in [0.717, 1.165) is 0 Å². The molecule has 20 heavy (non-hydrogen) atoms. The van der Waals surface area contributed by atoms with Gasteiger partial charge >= 0.3 is 0 Å². The number of aryl methyl sites for hydroxylation is 1. The molecule has 0 atom stereocenters. The van der Waals surface area contributed by atoms with Gasteiger partial charge in [0.15, 0.2) is 5.82 Å². The predicted octanol–water partition coefficient (Wildman–Crippen LogP) is 1.13. The molecule has 2 aromatic rings. The zero-order chi connectivity index (χ0) is 14.9. The van der Waals surface area contributed by atoms with Crippen LogP contribution in [-0.4, -0.2) is 18.2 Å². The second-order valence-corrected chi connectivity index (χ2v) is 6.04. The van der Waals surface area contributed by atoms with Crippen LogP contribution in [0.25, 0.3) is 0 Å². The quantitative estimate of drug-likeness (QED) is 0.885. The van der Waals surface area contributed by atoms with Crippen LogP contribution in [0.4, 0.5) is 10.2 Å². The molecule has 1 aromatic carbocycles. The monoisotopic (exact) mass is 298 g/mol. The van der Waals surface area contributed by atoms with Gasteiger partial charge in [0.2, 0.25) is 0 Å². The fraction of sp³-hybridized carbons (Fsp3) is 0.250. The summed E-state index contributed by atoms with van der Waals surface area (Å²) in [4.78, 5) is -0.136. The van der Waals surface area contributed by atoms with E-state index in [1.165, 1.54) is 29.8 Å². The van der Waals surface area contributed by atoms with E-state index in [-0.39, 0.29) is 22.8 Å². The minimum atomic E-state index is -3.91. The Morgan fingerprint density at radius 3 is 2.70 bits per heavy atom. The maximum Gasteiger partial charge on any atom is 0.263 e. The first-order chi connectivity index (χ1) is 9.33. The van der Waals surface area contributed by atoms with Crippen molar-refractivity contribution in [2.45, 2.75) is 18.4 Å². The van der Waals surface area contributed by atoms with Gasteiger partial charge in [-0.2, -0.15) is 5.10 Å². The highest BCUT2D eigenvalue weighted by Gasteiger charge is 2.21. The average molecular weight is 298 g/mol. The maximum atomic E-state index is 13.7. The van der Waals surface area contributed by atoms with E-state index in [4.69, 9.17) is 5.73 Å². The molecule has 1 heterocycles. The van der Waals surface area contributed by atoms with Gasteiger partial charge in [-0.25, -0.2) is 12.8 Å². The van der Waals surface area contributed by atoms with Crippen LogP contribution in [-0.2, 0) is 23.6 Å². The highest BCUT2D eigenvalue weighted by molar-refractivity contribution is 7.92. The van der Waals surface area contributed by atoms with E-state index in [0.29, 0.717) is 5.56 Å². The third kappa shape index (κ3) is 2.81. The largest absolute Gasteiger partial charge is 0.326 e. The lowest BCUT2D eigenvalue weighted by atomic mass is 10.1. The fourth-order valence-electron chi connectivity index (χ4n) is 1.77. The molecule has 0 aliphatic rings. The van der Waals surface area contributed by atoms with Gasteiger partial charge in [-0.15, -0.1) is 0 Å².